The number of benzene rings is 2. The number of carbonyl (C=O) groups excluding carboxylic acids is 2. The van der Waals surface area contributed by atoms with Gasteiger partial charge in [-0.15, -0.1) is 0 Å². The summed E-state index contributed by atoms with van der Waals surface area (Å²) in [5.41, 5.74) is 4.87. The van der Waals surface area contributed by atoms with Crippen LogP contribution in [-0.4, -0.2) is 36.4 Å². The Labute approximate surface area is 236 Å². The van der Waals surface area contributed by atoms with Gasteiger partial charge in [0.15, 0.2) is 0 Å². The highest BCUT2D eigenvalue weighted by molar-refractivity contribution is 5.70. The summed E-state index contributed by atoms with van der Waals surface area (Å²) < 4.78 is 21.2. The molecule has 0 amide bonds. The first kappa shape index (κ1) is 34.3. The molecule has 0 bridgehead atoms. The normalized spacial score (nSPS) is 11.1. The second kappa shape index (κ2) is 19.4. The van der Waals surface area contributed by atoms with E-state index < -0.39 is 0 Å². The van der Waals surface area contributed by atoms with Crippen molar-refractivity contribution in [1.29, 1.82) is 0 Å². The maximum absolute atomic E-state index is 11.2. The van der Waals surface area contributed by atoms with Gasteiger partial charge in [0.2, 0.25) is 0 Å². The van der Waals surface area contributed by atoms with Gasteiger partial charge in [-0.3, -0.25) is 9.59 Å². The van der Waals surface area contributed by atoms with Crippen LogP contribution in [0, 0.1) is 0 Å². The zero-order chi connectivity index (χ0) is 29.2. The maximum atomic E-state index is 11.2. The fourth-order valence-corrected chi connectivity index (χ4v) is 3.47. The average Bonchev–Trinajstić information content (AvgIpc) is 2.86. The first-order valence-electron chi connectivity index (χ1n) is 14.3. The van der Waals surface area contributed by atoms with Crippen molar-refractivity contribution in [3.8, 4) is 11.1 Å². The van der Waals surface area contributed by atoms with E-state index in [0.29, 0.717) is 26.1 Å². The van der Waals surface area contributed by atoms with Crippen molar-refractivity contribution < 1.29 is 28.5 Å². The first-order valence-corrected chi connectivity index (χ1v) is 14.3. The standard InChI is InChI=1S/C20H26O2.C13H24O4/c1-15(2)21-13-17-5-9-19(10-6-17)20-11-7-18(8-12-20)14-22-16(3)4;1-10(2)16-12(14)8-6-5-7-9-13(15)17-11(3)4/h5-12,15-16H,13-14H2,1-4H3;10-11H,5-9H2,1-4H3. The molecule has 39 heavy (non-hydrogen) atoms. The lowest BCUT2D eigenvalue weighted by atomic mass is 10.0. The van der Waals surface area contributed by atoms with Gasteiger partial charge >= 0.3 is 11.9 Å². The lowest BCUT2D eigenvalue weighted by Gasteiger charge is -2.10. The minimum absolute atomic E-state index is 0.0523. The Balaban J connectivity index is 0.000000406. The van der Waals surface area contributed by atoms with E-state index in [1.54, 1.807) is 0 Å². The molecule has 0 spiro atoms. The largest absolute Gasteiger partial charge is 0.463 e. The average molecular weight is 543 g/mol. The molecule has 0 saturated heterocycles. The Kier molecular flexibility index (Phi) is 17.1. The van der Waals surface area contributed by atoms with Gasteiger partial charge in [0, 0.05) is 12.8 Å². The highest BCUT2D eigenvalue weighted by atomic mass is 16.5. The van der Waals surface area contributed by atoms with Gasteiger partial charge in [-0.05, 0) is 90.5 Å². The molecule has 0 atom stereocenters. The molecule has 0 heterocycles. The van der Waals surface area contributed by atoms with Crippen LogP contribution >= 0.6 is 0 Å². The monoisotopic (exact) mass is 542 g/mol. The fourth-order valence-electron chi connectivity index (χ4n) is 3.47. The smallest absolute Gasteiger partial charge is 0.306 e. The number of esters is 2. The van der Waals surface area contributed by atoms with E-state index in [1.807, 2.05) is 27.7 Å². The minimum Gasteiger partial charge on any atom is -0.463 e. The zero-order valence-electron chi connectivity index (χ0n) is 25.3. The Morgan fingerprint density at radius 3 is 1.13 bits per heavy atom. The number of rotatable bonds is 15. The van der Waals surface area contributed by atoms with E-state index in [-0.39, 0.29) is 36.4 Å². The molecule has 0 aliphatic heterocycles. The predicted octanol–water partition coefficient (Wildman–Crippen LogP) is 8.04. The summed E-state index contributed by atoms with van der Waals surface area (Å²) in [6, 6.07) is 17.1. The third-order valence-corrected chi connectivity index (χ3v) is 5.40. The van der Waals surface area contributed by atoms with Gasteiger partial charge in [-0.25, -0.2) is 0 Å². The SMILES string of the molecule is CC(C)OC(=O)CCCCCC(=O)OC(C)C.CC(C)OCc1ccc(-c2ccc(COC(C)C)cc2)cc1. The molecule has 0 saturated carbocycles. The molecule has 0 aromatic heterocycles. The van der Waals surface area contributed by atoms with Crippen molar-refractivity contribution in [2.45, 2.75) is 125 Å². The van der Waals surface area contributed by atoms with Crippen LogP contribution < -0.4 is 0 Å². The van der Waals surface area contributed by atoms with E-state index in [9.17, 15) is 9.59 Å². The molecule has 0 unspecified atom stereocenters. The molecular formula is C33H50O6. The van der Waals surface area contributed by atoms with E-state index in [4.69, 9.17) is 18.9 Å². The van der Waals surface area contributed by atoms with Crippen LogP contribution in [0.3, 0.4) is 0 Å². The molecule has 2 aromatic rings. The molecule has 0 aliphatic rings. The quantitative estimate of drug-likeness (QED) is 0.167. The minimum atomic E-state index is -0.162. The molecule has 218 valence electrons. The van der Waals surface area contributed by atoms with E-state index >= 15 is 0 Å². The van der Waals surface area contributed by atoms with Crippen LogP contribution in [-0.2, 0) is 41.8 Å². The van der Waals surface area contributed by atoms with Crippen LogP contribution in [0.15, 0.2) is 48.5 Å². The molecular weight excluding hydrogens is 492 g/mol. The number of unbranched alkanes of at least 4 members (excludes halogenated alkanes) is 2. The topological polar surface area (TPSA) is 71.1 Å². The summed E-state index contributed by atoms with van der Waals surface area (Å²) in [4.78, 5) is 22.4. The van der Waals surface area contributed by atoms with Crippen molar-refractivity contribution >= 4 is 11.9 Å². The van der Waals surface area contributed by atoms with E-state index in [0.717, 1.165) is 19.3 Å². The molecule has 2 aromatic carbocycles. The van der Waals surface area contributed by atoms with Gasteiger partial charge in [0.1, 0.15) is 0 Å². The second-order valence-electron chi connectivity index (χ2n) is 10.8. The van der Waals surface area contributed by atoms with Gasteiger partial charge in [0.25, 0.3) is 0 Å². The van der Waals surface area contributed by atoms with Crippen LogP contribution in [0.1, 0.15) is 98.6 Å². The number of carbonyl (C=O) groups is 2. The van der Waals surface area contributed by atoms with Crippen LogP contribution in [0.5, 0.6) is 0 Å². The van der Waals surface area contributed by atoms with Crippen LogP contribution in [0.4, 0.5) is 0 Å². The van der Waals surface area contributed by atoms with Gasteiger partial charge in [-0.1, -0.05) is 55.0 Å². The number of hydrogen-bond acceptors (Lipinski definition) is 6. The molecule has 0 N–H and O–H groups in total. The molecule has 0 aliphatic carbocycles. The lowest BCUT2D eigenvalue weighted by Crippen LogP contribution is -2.12. The zero-order valence-corrected chi connectivity index (χ0v) is 25.3. The fraction of sp³-hybridized carbons (Fsp3) is 0.576. The Bertz CT molecular complexity index is 852. The summed E-state index contributed by atoms with van der Waals surface area (Å²) >= 11 is 0. The molecule has 6 nitrogen and oxygen atoms in total. The summed E-state index contributed by atoms with van der Waals surface area (Å²) in [6.07, 6.45) is 3.66. The highest BCUT2D eigenvalue weighted by Crippen LogP contribution is 2.21. The molecule has 6 heteroatoms. The van der Waals surface area contributed by atoms with E-state index in [2.05, 4.69) is 76.2 Å². The summed E-state index contributed by atoms with van der Waals surface area (Å²) in [5.74, 6) is -0.325. The van der Waals surface area contributed by atoms with Crippen LogP contribution in [0.25, 0.3) is 11.1 Å². The van der Waals surface area contributed by atoms with Crippen molar-refractivity contribution in [2.75, 3.05) is 0 Å². The third kappa shape index (κ3) is 17.5. The summed E-state index contributed by atoms with van der Waals surface area (Å²) in [6.45, 7) is 16.9. The second-order valence-corrected chi connectivity index (χ2v) is 10.8. The lowest BCUT2D eigenvalue weighted by molar-refractivity contribution is -0.147. The van der Waals surface area contributed by atoms with Gasteiger partial charge in [0.05, 0.1) is 37.6 Å². The Morgan fingerprint density at radius 1 is 0.513 bits per heavy atom. The van der Waals surface area contributed by atoms with Crippen molar-refractivity contribution in [3.63, 3.8) is 0 Å². The third-order valence-electron chi connectivity index (χ3n) is 5.40. The number of hydrogen-bond donors (Lipinski definition) is 0. The predicted molar refractivity (Wildman–Crippen MR) is 157 cm³/mol. The van der Waals surface area contributed by atoms with Gasteiger partial charge in [-0.2, -0.15) is 0 Å². The molecule has 0 fully saturated rings. The first-order chi connectivity index (χ1) is 18.5. The molecule has 0 radical (unpaired) electrons. The van der Waals surface area contributed by atoms with E-state index in [1.165, 1.54) is 22.3 Å². The van der Waals surface area contributed by atoms with Crippen molar-refractivity contribution in [3.05, 3.63) is 59.7 Å². The Morgan fingerprint density at radius 2 is 0.846 bits per heavy atom. The maximum Gasteiger partial charge on any atom is 0.306 e. The summed E-state index contributed by atoms with van der Waals surface area (Å²) in [5, 5.41) is 0. The summed E-state index contributed by atoms with van der Waals surface area (Å²) in [7, 11) is 0. The Hall–Kier alpha value is -2.70. The molecule has 2 rings (SSSR count). The number of ether oxygens (including phenoxy) is 4. The van der Waals surface area contributed by atoms with Crippen molar-refractivity contribution in [1.82, 2.24) is 0 Å². The van der Waals surface area contributed by atoms with Crippen molar-refractivity contribution in [2.24, 2.45) is 0 Å². The highest BCUT2D eigenvalue weighted by Gasteiger charge is 2.07. The van der Waals surface area contributed by atoms with Gasteiger partial charge < -0.3 is 18.9 Å². The van der Waals surface area contributed by atoms with Crippen LogP contribution in [0.2, 0.25) is 0 Å².